The molecule has 0 saturated carbocycles. The van der Waals surface area contributed by atoms with Crippen molar-refractivity contribution in [1.29, 1.82) is 0 Å². The van der Waals surface area contributed by atoms with Crippen LogP contribution in [0, 0.1) is 3.57 Å². The zero-order valence-electron chi connectivity index (χ0n) is 7.58. The highest BCUT2D eigenvalue weighted by atomic mass is 127. The number of aromatic carboxylic acids is 1. The monoisotopic (exact) mass is 347 g/mol. The summed E-state index contributed by atoms with van der Waals surface area (Å²) in [4.78, 5) is 14.0. The molecule has 0 aliphatic heterocycles. The van der Waals surface area contributed by atoms with Crippen LogP contribution >= 0.6 is 22.6 Å². The summed E-state index contributed by atoms with van der Waals surface area (Å²) in [7, 11) is 0. The molecule has 0 bridgehead atoms. The lowest BCUT2D eigenvalue weighted by molar-refractivity contribution is -0.154. The number of ether oxygens (including phenoxy) is 1. The summed E-state index contributed by atoms with van der Waals surface area (Å²) >= 11 is 1.65. The van der Waals surface area contributed by atoms with Gasteiger partial charge in [0.25, 0.3) is 0 Å². The number of carbonyl (C=O) groups is 1. The van der Waals surface area contributed by atoms with Crippen molar-refractivity contribution in [2.75, 3.05) is 6.61 Å². The number of rotatable bonds is 3. The first-order valence-electron chi connectivity index (χ1n) is 3.88. The Balaban J connectivity index is 2.80. The van der Waals surface area contributed by atoms with Gasteiger partial charge in [0.15, 0.2) is 6.61 Å². The molecule has 8 heteroatoms. The molecule has 0 aromatic carbocycles. The molecule has 1 N–H and O–H groups in total. The number of alkyl halides is 3. The fourth-order valence-corrected chi connectivity index (χ4v) is 1.43. The van der Waals surface area contributed by atoms with Crippen LogP contribution in [-0.2, 0) is 0 Å². The minimum absolute atomic E-state index is 0.108. The van der Waals surface area contributed by atoms with E-state index in [1.54, 1.807) is 22.6 Å². The van der Waals surface area contributed by atoms with Gasteiger partial charge in [-0.2, -0.15) is 13.2 Å². The molecule has 1 aromatic rings. The fraction of sp³-hybridized carbons (Fsp3) is 0.250. The van der Waals surface area contributed by atoms with Gasteiger partial charge < -0.3 is 9.84 Å². The summed E-state index contributed by atoms with van der Waals surface area (Å²) in [5.41, 5.74) is -0.108. The van der Waals surface area contributed by atoms with E-state index in [0.29, 0.717) is 0 Å². The smallest absolute Gasteiger partial charge is 0.422 e. The molecule has 88 valence electrons. The number of halogens is 4. The van der Waals surface area contributed by atoms with E-state index in [1.807, 2.05) is 0 Å². The van der Waals surface area contributed by atoms with Gasteiger partial charge in [-0.05, 0) is 28.7 Å². The molecule has 4 nitrogen and oxygen atoms in total. The Bertz CT molecular complexity index is 408. The van der Waals surface area contributed by atoms with Gasteiger partial charge >= 0.3 is 12.1 Å². The molecule has 1 aromatic heterocycles. The molecule has 0 aliphatic rings. The predicted molar refractivity (Wildman–Crippen MR) is 55.5 cm³/mol. The highest BCUT2D eigenvalue weighted by Gasteiger charge is 2.29. The Hall–Kier alpha value is -1.06. The van der Waals surface area contributed by atoms with Crippen molar-refractivity contribution in [2.45, 2.75) is 6.18 Å². The van der Waals surface area contributed by atoms with Gasteiger partial charge in [0.1, 0.15) is 0 Å². The summed E-state index contributed by atoms with van der Waals surface area (Å²) in [6, 6.07) is 1.18. The third-order valence-corrected chi connectivity index (χ3v) is 2.20. The first-order chi connectivity index (χ1) is 7.29. The fourth-order valence-electron chi connectivity index (χ4n) is 0.799. The van der Waals surface area contributed by atoms with E-state index in [9.17, 15) is 18.0 Å². The van der Waals surface area contributed by atoms with Crippen molar-refractivity contribution in [3.05, 3.63) is 21.4 Å². The van der Waals surface area contributed by atoms with Crippen molar-refractivity contribution in [2.24, 2.45) is 0 Å². The lowest BCUT2D eigenvalue weighted by Crippen LogP contribution is -2.20. The maximum absolute atomic E-state index is 11.8. The molecule has 0 radical (unpaired) electrons. The Kier molecular flexibility index (Phi) is 3.94. The first-order valence-corrected chi connectivity index (χ1v) is 4.96. The van der Waals surface area contributed by atoms with Crippen LogP contribution in [-0.4, -0.2) is 28.8 Å². The Morgan fingerprint density at radius 2 is 2.19 bits per heavy atom. The third kappa shape index (κ3) is 3.83. The quantitative estimate of drug-likeness (QED) is 0.853. The first kappa shape index (κ1) is 13.0. The Morgan fingerprint density at radius 1 is 1.56 bits per heavy atom. The summed E-state index contributed by atoms with van der Waals surface area (Å²) < 4.78 is 40.1. The van der Waals surface area contributed by atoms with Crippen molar-refractivity contribution in [3.8, 4) is 5.88 Å². The summed E-state index contributed by atoms with van der Waals surface area (Å²) in [5, 5.41) is 8.60. The van der Waals surface area contributed by atoms with Crippen molar-refractivity contribution in [3.63, 3.8) is 0 Å². The van der Waals surface area contributed by atoms with E-state index in [-0.39, 0.29) is 15.0 Å². The van der Waals surface area contributed by atoms with E-state index in [0.717, 1.165) is 6.20 Å². The van der Waals surface area contributed by atoms with Gasteiger partial charge in [0.05, 0.1) is 9.13 Å². The van der Waals surface area contributed by atoms with E-state index < -0.39 is 18.8 Å². The average molecular weight is 347 g/mol. The number of aromatic nitrogens is 1. The summed E-state index contributed by atoms with van der Waals surface area (Å²) in [6.45, 7) is -1.46. The molecule has 0 unspecified atom stereocenters. The molecular formula is C8H5F3INO3. The molecule has 16 heavy (non-hydrogen) atoms. The van der Waals surface area contributed by atoms with Crippen LogP contribution < -0.4 is 4.74 Å². The molecule has 0 amide bonds. The Morgan fingerprint density at radius 3 is 2.62 bits per heavy atom. The van der Waals surface area contributed by atoms with E-state index >= 15 is 0 Å². The van der Waals surface area contributed by atoms with Gasteiger partial charge in [-0.15, -0.1) is 0 Å². The molecule has 0 fully saturated rings. The molecule has 0 atom stereocenters. The maximum atomic E-state index is 11.8. The van der Waals surface area contributed by atoms with Crippen LogP contribution in [0.3, 0.4) is 0 Å². The van der Waals surface area contributed by atoms with Crippen LogP contribution in [0.15, 0.2) is 12.3 Å². The molecule has 1 heterocycles. The van der Waals surface area contributed by atoms with Gasteiger partial charge in [0, 0.05) is 6.20 Å². The van der Waals surface area contributed by atoms with Crippen LogP contribution in [0.25, 0.3) is 0 Å². The normalized spacial score (nSPS) is 11.2. The number of hydrogen-bond acceptors (Lipinski definition) is 3. The Labute approximate surface area is 102 Å². The molecular weight excluding hydrogens is 342 g/mol. The lowest BCUT2D eigenvalue weighted by atomic mass is 10.3. The van der Waals surface area contributed by atoms with Crippen LogP contribution in [0.5, 0.6) is 5.88 Å². The van der Waals surface area contributed by atoms with Gasteiger partial charge in [-0.1, -0.05) is 0 Å². The number of carboxylic acids is 1. The third-order valence-electron chi connectivity index (χ3n) is 1.43. The van der Waals surface area contributed by atoms with Gasteiger partial charge in [-0.3, -0.25) is 0 Å². The van der Waals surface area contributed by atoms with E-state index in [1.165, 1.54) is 6.07 Å². The maximum Gasteiger partial charge on any atom is 0.422 e. The van der Waals surface area contributed by atoms with Crippen LogP contribution in [0.2, 0.25) is 0 Å². The second kappa shape index (κ2) is 4.85. The van der Waals surface area contributed by atoms with E-state index in [2.05, 4.69) is 9.72 Å². The predicted octanol–water partition coefficient (Wildman–Crippen LogP) is 2.33. The van der Waals surface area contributed by atoms with Crippen molar-refractivity contribution in [1.82, 2.24) is 4.98 Å². The topological polar surface area (TPSA) is 59.4 Å². The zero-order chi connectivity index (χ0) is 12.3. The largest absolute Gasteiger partial charge is 0.478 e. The molecule has 0 spiro atoms. The standard InChI is InChI=1S/C8H5F3INO3/c9-8(10,11)3-16-6-5(12)1-4(2-13-6)7(14)15/h1-2H,3H2,(H,14,15). The SMILES string of the molecule is O=C(O)c1cnc(OCC(F)(F)F)c(I)c1. The summed E-state index contributed by atoms with van der Waals surface area (Å²) in [5.74, 6) is -1.43. The van der Waals surface area contributed by atoms with Crippen molar-refractivity contribution >= 4 is 28.6 Å². The van der Waals surface area contributed by atoms with E-state index in [4.69, 9.17) is 5.11 Å². The molecule has 0 aliphatic carbocycles. The highest BCUT2D eigenvalue weighted by molar-refractivity contribution is 14.1. The second-order valence-electron chi connectivity index (χ2n) is 2.72. The molecule has 1 rings (SSSR count). The zero-order valence-corrected chi connectivity index (χ0v) is 9.74. The highest BCUT2D eigenvalue weighted by Crippen LogP contribution is 2.22. The number of nitrogens with zero attached hydrogens (tertiary/aromatic N) is 1. The van der Waals surface area contributed by atoms with Gasteiger partial charge in [-0.25, -0.2) is 9.78 Å². The minimum Gasteiger partial charge on any atom is -0.478 e. The molecule has 0 saturated heterocycles. The van der Waals surface area contributed by atoms with Crippen LogP contribution in [0.4, 0.5) is 13.2 Å². The van der Waals surface area contributed by atoms with Crippen molar-refractivity contribution < 1.29 is 27.8 Å². The lowest BCUT2D eigenvalue weighted by Gasteiger charge is -2.09. The number of carboxylic acid groups (broad SMARTS) is 1. The second-order valence-corrected chi connectivity index (χ2v) is 3.88. The van der Waals surface area contributed by atoms with Crippen LogP contribution in [0.1, 0.15) is 10.4 Å². The minimum atomic E-state index is -4.45. The number of hydrogen-bond donors (Lipinski definition) is 1. The van der Waals surface area contributed by atoms with Gasteiger partial charge in [0.2, 0.25) is 5.88 Å². The average Bonchev–Trinajstić information content (AvgIpc) is 2.14. The summed E-state index contributed by atoms with van der Waals surface area (Å²) in [6.07, 6.45) is -3.51. The number of pyridine rings is 1.